The largest absolute Gasteiger partial charge is 0.341 e. The molecule has 1 aliphatic rings. The minimum atomic E-state index is 0.0871. The molecule has 0 unspecified atom stereocenters. The quantitative estimate of drug-likeness (QED) is 0.783. The Morgan fingerprint density at radius 1 is 1.08 bits per heavy atom. The summed E-state index contributed by atoms with van der Waals surface area (Å²) in [5, 5.41) is 10.4. The smallest absolute Gasteiger partial charge is 0.228 e. The SMILES string of the molecule is Cc1nc(CC(=O)N2CCCN(C(=O)CCn3cnnc3)CC2)cs1. The summed E-state index contributed by atoms with van der Waals surface area (Å²) in [7, 11) is 0. The van der Waals surface area contributed by atoms with Gasteiger partial charge in [0.15, 0.2) is 0 Å². The number of aryl methyl sites for hydroxylation is 2. The number of carbonyl (C=O) groups excluding carboxylic acids is 2. The topological polar surface area (TPSA) is 84.2 Å². The van der Waals surface area contributed by atoms with E-state index in [1.807, 2.05) is 22.1 Å². The first-order valence-corrected chi connectivity index (χ1v) is 9.29. The van der Waals surface area contributed by atoms with Crippen LogP contribution in [0.5, 0.6) is 0 Å². The number of amides is 2. The summed E-state index contributed by atoms with van der Waals surface area (Å²) in [6, 6.07) is 0. The lowest BCUT2D eigenvalue weighted by atomic mass is 10.3. The standard InChI is InChI=1S/C16H22N6O2S/c1-13-19-14(10-25-13)9-16(24)22-5-2-4-21(7-8-22)15(23)3-6-20-11-17-18-12-20/h10-12H,2-9H2,1H3. The van der Waals surface area contributed by atoms with Crippen LogP contribution >= 0.6 is 11.3 Å². The average Bonchev–Trinajstić information content (AvgIpc) is 3.18. The Morgan fingerprint density at radius 3 is 2.40 bits per heavy atom. The summed E-state index contributed by atoms with van der Waals surface area (Å²) in [6.45, 7) is 5.07. The van der Waals surface area contributed by atoms with E-state index in [-0.39, 0.29) is 11.8 Å². The zero-order valence-corrected chi connectivity index (χ0v) is 15.1. The second-order valence-electron chi connectivity index (χ2n) is 6.10. The highest BCUT2D eigenvalue weighted by molar-refractivity contribution is 7.09. The van der Waals surface area contributed by atoms with Crippen LogP contribution in [-0.2, 0) is 22.6 Å². The number of aromatic nitrogens is 4. The van der Waals surface area contributed by atoms with Gasteiger partial charge in [0.2, 0.25) is 11.8 Å². The van der Waals surface area contributed by atoms with Crippen LogP contribution in [0.3, 0.4) is 0 Å². The molecule has 25 heavy (non-hydrogen) atoms. The van der Waals surface area contributed by atoms with Gasteiger partial charge in [-0.05, 0) is 13.3 Å². The van der Waals surface area contributed by atoms with Crippen LogP contribution in [-0.4, -0.2) is 67.5 Å². The number of hydrogen-bond acceptors (Lipinski definition) is 6. The molecule has 3 heterocycles. The van der Waals surface area contributed by atoms with Gasteiger partial charge in [-0.15, -0.1) is 21.5 Å². The van der Waals surface area contributed by atoms with Crippen molar-refractivity contribution < 1.29 is 9.59 Å². The van der Waals surface area contributed by atoms with Crippen LogP contribution in [0.1, 0.15) is 23.5 Å². The molecule has 2 aromatic rings. The summed E-state index contributed by atoms with van der Waals surface area (Å²) < 4.78 is 1.79. The van der Waals surface area contributed by atoms with Crippen molar-refractivity contribution in [2.24, 2.45) is 0 Å². The molecule has 0 atom stereocenters. The van der Waals surface area contributed by atoms with E-state index in [1.54, 1.807) is 28.6 Å². The van der Waals surface area contributed by atoms with Gasteiger partial charge >= 0.3 is 0 Å². The lowest BCUT2D eigenvalue weighted by molar-refractivity contribution is -0.133. The molecule has 0 spiro atoms. The van der Waals surface area contributed by atoms with Crippen LogP contribution in [0.4, 0.5) is 0 Å². The third-order valence-corrected chi connectivity index (χ3v) is 5.07. The van der Waals surface area contributed by atoms with Gasteiger partial charge in [-0.2, -0.15) is 0 Å². The fourth-order valence-corrected chi connectivity index (χ4v) is 3.51. The maximum Gasteiger partial charge on any atom is 0.228 e. The molecule has 1 fully saturated rings. The van der Waals surface area contributed by atoms with Gasteiger partial charge in [0.1, 0.15) is 12.7 Å². The second-order valence-corrected chi connectivity index (χ2v) is 7.16. The first kappa shape index (κ1) is 17.5. The molecule has 2 amide bonds. The van der Waals surface area contributed by atoms with Gasteiger partial charge in [-0.3, -0.25) is 9.59 Å². The van der Waals surface area contributed by atoms with Crippen molar-refractivity contribution in [3.8, 4) is 0 Å². The van der Waals surface area contributed by atoms with Gasteiger partial charge in [0, 0.05) is 44.5 Å². The number of hydrogen-bond donors (Lipinski definition) is 0. The maximum absolute atomic E-state index is 12.5. The summed E-state index contributed by atoms with van der Waals surface area (Å²) >= 11 is 1.56. The molecule has 0 saturated carbocycles. The highest BCUT2D eigenvalue weighted by Crippen LogP contribution is 2.11. The fourth-order valence-electron chi connectivity index (χ4n) is 2.89. The predicted octanol–water partition coefficient (Wildman–Crippen LogP) is 0.737. The van der Waals surface area contributed by atoms with Gasteiger partial charge < -0.3 is 14.4 Å². The van der Waals surface area contributed by atoms with Gasteiger partial charge in [0.05, 0.1) is 17.1 Å². The number of thiazole rings is 1. The van der Waals surface area contributed by atoms with Crippen LogP contribution in [0.25, 0.3) is 0 Å². The third kappa shape index (κ3) is 4.85. The molecule has 1 saturated heterocycles. The highest BCUT2D eigenvalue weighted by Gasteiger charge is 2.22. The van der Waals surface area contributed by atoms with Crippen molar-refractivity contribution in [2.45, 2.75) is 32.7 Å². The van der Waals surface area contributed by atoms with Crippen LogP contribution in [0, 0.1) is 6.92 Å². The molecular formula is C16H22N6O2S. The van der Waals surface area contributed by atoms with Gasteiger partial charge in [-0.1, -0.05) is 0 Å². The van der Waals surface area contributed by atoms with Crippen molar-refractivity contribution >= 4 is 23.2 Å². The second kappa shape index (κ2) is 8.19. The van der Waals surface area contributed by atoms with E-state index in [0.717, 1.165) is 17.1 Å². The summed E-state index contributed by atoms with van der Waals surface area (Å²) in [5.41, 5.74) is 0.832. The van der Waals surface area contributed by atoms with Crippen molar-refractivity contribution in [1.29, 1.82) is 0 Å². The van der Waals surface area contributed by atoms with E-state index in [1.165, 1.54) is 0 Å². The molecule has 0 aliphatic carbocycles. The van der Waals surface area contributed by atoms with E-state index in [9.17, 15) is 9.59 Å². The molecule has 0 aromatic carbocycles. The Hall–Kier alpha value is -2.29. The Labute approximate surface area is 150 Å². The van der Waals surface area contributed by atoms with Crippen LogP contribution < -0.4 is 0 Å². The summed E-state index contributed by atoms with van der Waals surface area (Å²) in [6.07, 6.45) is 4.78. The molecule has 134 valence electrons. The van der Waals surface area contributed by atoms with E-state index in [0.29, 0.717) is 45.6 Å². The van der Waals surface area contributed by atoms with Crippen molar-refractivity contribution in [1.82, 2.24) is 29.5 Å². The van der Waals surface area contributed by atoms with Crippen LogP contribution in [0.15, 0.2) is 18.0 Å². The Balaban J connectivity index is 1.47. The first-order chi connectivity index (χ1) is 12.1. The lowest BCUT2D eigenvalue weighted by Crippen LogP contribution is -2.38. The van der Waals surface area contributed by atoms with E-state index in [4.69, 9.17) is 0 Å². The Bertz CT molecular complexity index is 714. The summed E-state index contributed by atoms with van der Waals surface area (Å²) in [4.78, 5) is 32.9. The normalized spacial score (nSPS) is 15.2. The third-order valence-electron chi connectivity index (χ3n) is 4.25. The molecule has 0 N–H and O–H groups in total. The molecular weight excluding hydrogens is 340 g/mol. The monoisotopic (exact) mass is 362 g/mol. The molecule has 1 aliphatic heterocycles. The predicted molar refractivity (Wildman–Crippen MR) is 93.0 cm³/mol. The van der Waals surface area contributed by atoms with E-state index >= 15 is 0 Å². The molecule has 8 nitrogen and oxygen atoms in total. The Morgan fingerprint density at radius 2 is 1.76 bits per heavy atom. The molecule has 2 aromatic heterocycles. The minimum absolute atomic E-state index is 0.0871. The molecule has 0 radical (unpaired) electrons. The van der Waals surface area contributed by atoms with Crippen LogP contribution in [0.2, 0.25) is 0 Å². The fraction of sp³-hybridized carbons (Fsp3) is 0.562. The van der Waals surface area contributed by atoms with E-state index < -0.39 is 0 Å². The number of carbonyl (C=O) groups is 2. The first-order valence-electron chi connectivity index (χ1n) is 8.41. The zero-order chi connectivity index (χ0) is 17.6. The Kier molecular flexibility index (Phi) is 5.75. The summed E-state index contributed by atoms with van der Waals surface area (Å²) in [5.74, 6) is 0.196. The zero-order valence-electron chi connectivity index (χ0n) is 14.3. The lowest BCUT2D eigenvalue weighted by Gasteiger charge is -2.22. The molecule has 3 rings (SSSR count). The average molecular weight is 362 g/mol. The minimum Gasteiger partial charge on any atom is -0.341 e. The van der Waals surface area contributed by atoms with Crippen molar-refractivity contribution in [3.63, 3.8) is 0 Å². The number of nitrogens with zero attached hydrogens (tertiary/aromatic N) is 6. The van der Waals surface area contributed by atoms with Crippen molar-refractivity contribution in [2.75, 3.05) is 26.2 Å². The van der Waals surface area contributed by atoms with Gasteiger partial charge in [-0.25, -0.2) is 4.98 Å². The molecule has 0 bridgehead atoms. The highest BCUT2D eigenvalue weighted by atomic mass is 32.1. The van der Waals surface area contributed by atoms with Gasteiger partial charge in [0.25, 0.3) is 0 Å². The number of rotatable bonds is 5. The maximum atomic E-state index is 12.5. The molecule has 9 heteroatoms. The van der Waals surface area contributed by atoms with Crippen molar-refractivity contribution in [3.05, 3.63) is 28.7 Å². The van der Waals surface area contributed by atoms with E-state index in [2.05, 4.69) is 15.2 Å².